The highest BCUT2D eigenvalue weighted by molar-refractivity contribution is 9.11. The fourth-order valence-corrected chi connectivity index (χ4v) is 3.61. The van der Waals surface area contributed by atoms with E-state index in [0.29, 0.717) is 26.1 Å². The maximum Gasteiger partial charge on any atom is 0.407 e. The van der Waals surface area contributed by atoms with Crippen LogP contribution >= 0.6 is 31.9 Å². The molecule has 1 rings (SSSR count). The van der Waals surface area contributed by atoms with E-state index in [0.717, 1.165) is 26.7 Å². The number of hydrogen-bond acceptors (Lipinski definition) is 4. The average Bonchev–Trinajstić information content (AvgIpc) is 2.52. The lowest BCUT2D eigenvalue weighted by Gasteiger charge is -2.19. The molecule has 0 unspecified atom stereocenters. The molecule has 2 amide bonds. The summed E-state index contributed by atoms with van der Waals surface area (Å²) < 4.78 is 12.7. The zero-order valence-electron chi connectivity index (χ0n) is 16.5. The minimum Gasteiger partial charge on any atom is -0.491 e. The Labute approximate surface area is 178 Å². The highest BCUT2D eigenvalue weighted by Crippen LogP contribution is 2.35. The largest absolute Gasteiger partial charge is 0.491 e. The summed E-state index contributed by atoms with van der Waals surface area (Å²) in [6.45, 7) is 8.62. The molecule has 0 atom stereocenters. The average molecular weight is 508 g/mol. The quantitative estimate of drug-likeness (QED) is 0.525. The van der Waals surface area contributed by atoms with Crippen molar-refractivity contribution in [2.75, 3.05) is 26.7 Å². The second-order valence-corrected chi connectivity index (χ2v) is 8.92. The van der Waals surface area contributed by atoms with Gasteiger partial charge in [-0.3, -0.25) is 4.79 Å². The van der Waals surface area contributed by atoms with Gasteiger partial charge in [0, 0.05) is 27.1 Å². The molecule has 0 bridgehead atoms. The molecule has 0 spiro atoms. The van der Waals surface area contributed by atoms with Gasteiger partial charge in [0.2, 0.25) is 5.91 Å². The van der Waals surface area contributed by atoms with Gasteiger partial charge in [0.1, 0.15) is 11.4 Å². The van der Waals surface area contributed by atoms with Crippen LogP contribution in [0.3, 0.4) is 0 Å². The molecule has 0 aliphatic carbocycles. The first-order valence-corrected chi connectivity index (χ1v) is 10.4. The molecule has 0 heterocycles. The predicted molar refractivity (Wildman–Crippen MR) is 113 cm³/mol. The van der Waals surface area contributed by atoms with Gasteiger partial charge in [0.25, 0.3) is 0 Å². The highest BCUT2D eigenvalue weighted by Gasteiger charge is 2.15. The third-order valence-corrected chi connectivity index (χ3v) is 4.75. The van der Waals surface area contributed by atoms with E-state index >= 15 is 0 Å². The van der Waals surface area contributed by atoms with Gasteiger partial charge >= 0.3 is 6.09 Å². The Balaban J connectivity index is 2.45. The van der Waals surface area contributed by atoms with Crippen LogP contribution in [-0.4, -0.2) is 49.2 Å². The summed E-state index contributed by atoms with van der Waals surface area (Å²) in [4.78, 5) is 24.5. The zero-order valence-corrected chi connectivity index (χ0v) is 19.7. The van der Waals surface area contributed by atoms with Crippen molar-refractivity contribution in [3.63, 3.8) is 0 Å². The summed E-state index contributed by atoms with van der Waals surface area (Å²) in [5.74, 6) is 0.768. The van der Waals surface area contributed by atoms with Crippen LogP contribution in [-0.2, 0) is 16.0 Å². The van der Waals surface area contributed by atoms with Crippen molar-refractivity contribution in [3.05, 3.63) is 26.6 Å². The number of halogens is 2. The second kappa shape index (κ2) is 10.9. The molecule has 27 heavy (non-hydrogen) atoms. The molecule has 0 fully saturated rings. The lowest BCUT2D eigenvalue weighted by molar-refractivity contribution is -0.127. The van der Waals surface area contributed by atoms with E-state index in [4.69, 9.17) is 9.47 Å². The van der Waals surface area contributed by atoms with E-state index in [1.165, 1.54) is 0 Å². The molecule has 152 valence electrons. The summed E-state index contributed by atoms with van der Waals surface area (Å²) in [7, 11) is 1.79. The minimum atomic E-state index is -0.503. The predicted octanol–water partition coefficient (Wildman–Crippen LogP) is 4.53. The van der Waals surface area contributed by atoms with Gasteiger partial charge in [-0.05, 0) is 83.2 Å². The number of carbonyl (C=O) groups is 2. The number of hydrogen-bond donors (Lipinski definition) is 1. The van der Waals surface area contributed by atoms with E-state index in [9.17, 15) is 9.59 Å². The van der Waals surface area contributed by atoms with Crippen molar-refractivity contribution in [1.82, 2.24) is 10.2 Å². The van der Waals surface area contributed by atoms with E-state index in [1.807, 2.05) is 32.9 Å². The number of nitrogens with one attached hydrogen (secondary N) is 1. The first kappa shape index (κ1) is 23.8. The standard InChI is InChI=1S/C19H28Br2N2O4/c1-13(24)23(5)9-7-14-11-15(20)17(16(21)12-14)26-10-6-8-22-18(25)27-19(2,3)4/h11-12H,6-10H2,1-5H3,(H,22,25). The van der Waals surface area contributed by atoms with Crippen molar-refractivity contribution in [1.29, 1.82) is 0 Å². The lowest BCUT2D eigenvalue weighted by atomic mass is 10.1. The second-order valence-electron chi connectivity index (χ2n) is 7.21. The first-order chi connectivity index (χ1) is 12.5. The van der Waals surface area contributed by atoms with Crippen molar-refractivity contribution in [2.24, 2.45) is 0 Å². The maximum atomic E-state index is 11.6. The van der Waals surface area contributed by atoms with E-state index in [2.05, 4.69) is 37.2 Å². The lowest BCUT2D eigenvalue weighted by Crippen LogP contribution is -2.33. The van der Waals surface area contributed by atoms with Crippen molar-refractivity contribution in [3.8, 4) is 5.75 Å². The number of ether oxygens (including phenoxy) is 2. The van der Waals surface area contributed by atoms with E-state index < -0.39 is 11.7 Å². The summed E-state index contributed by atoms with van der Waals surface area (Å²) >= 11 is 7.07. The van der Waals surface area contributed by atoms with Crippen LogP contribution in [0.25, 0.3) is 0 Å². The minimum absolute atomic E-state index is 0.0491. The number of alkyl carbamates (subject to hydrolysis) is 1. The van der Waals surface area contributed by atoms with Gasteiger partial charge in [-0.2, -0.15) is 0 Å². The first-order valence-electron chi connectivity index (χ1n) is 8.79. The van der Waals surface area contributed by atoms with Gasteiger partial charge in [-0.1, -0.05) is 0 Å². The molecular formula is C19H28Br2N2O4. The van der Waals surface area contributed by atoms with Gasteiger partial charge in [-0.15, -0.1) is 0 Å². The Morgan fingerprint density at radius 2 is 1.78 bits per heavy atom. The van der Waals surface area contributed by atoms with Gasteiger partial charge in [-0.25, -0.2) is 4.79 Å². The molecule has 1 aromatic carbocycles. The summed E-state index contributed by atoms with van der Waals surface area (Å²) in [5, 5.41) is 2.70. The fraction of sp³-hybridized carbons (Fsp3) is 0.579. The molecule has 8 heteroatoms. The highest BCUT2D eigenvalue weighted by atomic mass is 79.9. The Hall–Kier alpha value is -1.28. The number of carbonyl (C=O) groups excluding carboxylic acids is 2. The molecule has 0 aliphatic heterocycles. The molecule has 1 N–H and O–H groups in total. The van der Waals surface area contributed by atoms with Crippen LogP contribution < -0.4 is 10.1 Å². The monoisotopic (exact) mass is 506 g/mol. The molecule has 0 saturated carbocycles. The normalized spacial score (nSPS) is 11.1. The van der Waals surface area contributed by atoms with Gasteiger partial charge < -0.3 is 19.7 Å². The molecule has 0 aromatic heterocycles. The van der Waals surface area contributed by atoms with Crippen molar-refractivity contribution >= 4 is 43.9 Å². The summed E-state index contributed by atoms with van der Waals surface area (Å²) in [5.41, 5.74) is 0.595. The van der Waals surface area contributed by atoms with Crippen molar-refractivity contribution in [2.45, 2.75) is 46.1 Å². The van der Waals surface area contributed by atoms with Crippen LogP contribution in [0.4, 0.5) is 4.79 Å². The van der Waals surface area contributed by atoms with Crippen LogP contribution in [0.15, 0.2) is 21.1 Å². The Morgan fingerprint density at radius 3 is 2.30 bits per heavy atom. The molecule has 0 aliphatic rings. The third kappa shape index (κ3) is 9.46. The number of amides is 2. The fourth-order valence-electron chi connectivity index (χ4n) is 2.10. The number of likely N-dealkylation sites (N-methyl/N-ethyl adjacent to an activating group) is 1. The zero-order chi connectivity index (χ0) is 20.6. The van der Waals surface area contributed by atoms with Crippen LogP contribution in [0.5, 0.6) is 5.75 Å². The molecule has 0 saturated heterocycles. The summed E-state index contributed by atoms with van der Waals surface area (Å²) in [6, 6.07) is 3.99. The number of benzene rings is 1. The van der Waals surface area contributed by atoms with Crippen LogP contribution in [0.1, 0.15) is 39.7 Å². The Morgan fingerprint density at radius 1 is 1.19 bits per heavy atom. The third-order valence-electron chi connectivity index (χ3n) is 3.57. The topological polar surface area (TPSA) is 67.9 Å². The molecular weight excluding hydrogens is 480 g/mol. The van der Waals surface area contributed by atoms with E-state index in [1.54, 1.807) is 18.9 Å². The van der Waals surface area contributed by atoms with E-state index in [-0.39, 0.29) is 5.91 Å². The van der Waals surface area contributed by atoms with Gasteiger partial charge in [0.15, 0.2) is 0 Å². The molecule has 0 radical (unpaired) electrons. The smallest absolute Gasteiger partial charge is 0.407 e. The molecule has 6 nitrogen and oxygen atoms in total. The maximum absolute atomic E-state index is 11.6. The summed E-state index contributed by atoms with van der Waals surface area (Å²) in [6.07, 6.45) is 0.987. The number of nitrogens with zero attached hydrogens (tertiary/aromatic N) is 1. The van der Waals surface area contributed by atoms with Gasteiger partial charge in [0.05, 0.1) is 15.6 Å². The Kier molecular flexibility index (Phi) is 9.59. The van der Waals surface area contributed by atoms with Crippen LogP contribution in [0.2, 0.25) is 0 Å². The SMILES string of the molecule is CC(=O)N(C)CCc1cc(Br)c(OCCCNC(=O)OC(C)(C)C)c(Br)c1. The number of rotatable bonds is 8. The Bertz CT molecular complexity index is 637. The molecule has 1 aromatic rings. The van der Waals surface area contributed by atoms with Crippen LogP contribution in [0, 0.1) is 0 Å². The van der Waals surface area contributed by atoms with Crippen molar-refractivity contribution < 1.29 is 19.1 Å².